The van der Waals surface area contributed by atoms with Crippen LogP contribution in [0, 0.1) is 17.5 Å². The molecule has 0 saturated carbocycles. The van der Waals surface area contributed by atoms with Gasteiger partial charge in [0.1, 0.15) is 23.2 Å². The maximum atomic E-state index is 15.2. The van der Waals surface area contributed by atoms with Crippen LogP contribution in [-0.2, 0) is 12.5 Å². The van der Waals surface area contributed by atoms with Crippen LogP contribution in [0.1, 0.15) is 37.3 Å². The molecule has 0 aromatic heterocycles. The van der Waals surface area contributed by atoms with Crippen molar-refractivity contribution in [2.24, 2.45) is 0 Å². The lowest BCUT2D eigenvalue weighted by Gasteiger charge is -2.19. The van der Waals surface area contributed by atoms with Crippen LogP contribution in [0.5, 0.6) is 5.75 Å². The molecule has 0 saturated heterocycles. The molecule has 0 atom stereocenters. The van der Waals surface area contributed by atoms with Gasteiger partial charge in [0, 0.05) is 5.56 Å². The van der Waals surface area contributed by atoms with Gasteiger partial charge in [-0.3, -0.25) is 0 Å². The minimum Gasteiger partial charge on any atom is -0.429 e. The summed E-state index contributed by atoms with van der Waals surface area (Å²) in [6, 6.07) is 27.7. The number of halogens is 5. The number of ether oxygens (including phenoxy) is 1. The molecule has 0 aliphatic heterocycles. The van der Waals surface area contributed by atoms with Crippen molar-refractivity contribution in [3.63, 3.8) is 0 Å². The molecule has 0 radical (unpaired) electrons. The molecule has 0 aliphatic carbocycles. The van der Waals surface area contributed by atoms with E-state index in [9.17, 15) is 17.6 Å². The van der Waals surface area contributed by atoms with Gasteiger partial charge in [0.05, 0.1) is 5.56 Å². The van der Waals surface area contributed by atoms with E-state index in [1.807, 2.05) is 24.3 Å². The van der Waals surface area contributed by atoms with Crippen LogP contribution >= 0.6 is 0 Å². The Bertz CT molecular complexity index is 1640. The lowest BCUT2D eigenvalue weighted by atomic mass is 9.96. The van der Waals surface area contributed by atoms with Gasteiger partial charge in [0.15, 0.2) is 0 Å². The smallest absolute Gasteiger partial charge is 0.429 e. The quantitative estimate of drug-likeness (QED) is 0.119. The highest BCUT2D eigenvalue weighted by molar-refractivity contribution is 5.74. The van der Waals surface area contributed by atoms with Gasteiger partial charge in [0.2, 0.25) is 0 Å². The number of hydrogen-bond acceptors (Lipinski definition) is 1. The molecule has 0 N–H and O–H groups in total. The molecule has 42 heavy (non-hydrogen) atoms. The summed E-state index contributed by atoms with van der Waals surface area (Å²) in [6.45, 7) is 2.19. The monoisotopic (exact) mass is 572 g/mol. The Morgan fingerprint density at radius 2 is 1.12 bits per heavy atom. The molecule has 214 valence electrons. The van der Waals surface area contributed by atoms with Crippen molar-refractivity contribution in [1.29, 1.82) is 0 Å². The van der Waals surface area contributed by atoms with Gasteiger partial charge in [-0.1, -0.05) is 86.5 Å². The summed E-state index contributed by atoms with van der Waals surface area (Å²) in [5, 5.41) is 0. The Balaban J connectivity index is 1.30. The topological polar surface area (TPSA) is 9.23 Å². The summed E-state index contributed by atoms with van der Waals surface area (Å²) < 4.78 is 76.9. The first kappa shape index (κ1) is 29.1. The third kappa shape index (κ3) is 6.71. The molecule has 0 bridgehead atoms. The fourth-order valence-corrected chi connectivity index (χ4v) is 4.85. The fraction of sp³-hybridized carbons (Fsp3) is 0.167. The summed E-state index contributed by atoms with van der Waals surface area (Å²) in [7, 11) is 0. The largest absolute Gasteiger partial charge is 0.429 e. The van der Waals surface area contributed by atoms with Crippen molar-refractivity contribution in [3.05, 3.63) is 138 Å². The molecule has 0 unspecified atom stereocenters. The lowest BCUT2D eigenvalue weighted by Crippen LogP contribution is -2.23. The Hall–Kier alpha value is -4.45. The van der Waals surface area contributed by atoms with E-state index >= 15 is 4.39 Å². The molecule has 6 heteroatoms. The predicted molar refractivity (Wildman–Crippen MR) is 157 cm³/mol. The Morgan fingerprint density at radius 1 is 0.571 bits per heavy atom. The standard InChI is InChI=1S/C36H29F5O/c1-2-3-4-5-24-6-8-25(9-7-24)26-10-12-27(13-11-26)28-14-20-32(34(38)22-28)29-15-21-33(35(39)23-29)36(40,41)42-31-18-16-30(37)17-19-31/h6-23H,2-5H2,1H3. The molecular weight excluding hydrogens is 543 g/mol. The van der Waals surface area contributed by atoms with E-state index in [2.05, 4.69) is 35.9 Å². The van der Waals surface area contributed by atoms with E-state index in [4.69, 9.17) is 0 Å². The predicted octanol–water partition coefficient (Wildman–Crippen LogP) is 11.0. The number of rotatable bonds is 10. The maximum Gasteiger partial charge on any atom is 0.429 e. The number of hydrogen-bond donors (Lipinski definition) is 0. The number of benzene rings is 5. The second-order valence-corrected chi connectivity index (χ2v) is 10.2. The molecule has 5 rings (SSSR count). The molecule has 0 amide bonds. The molecule has 0 spiro atoms. The SMILES string of the molecule is CCCCCc1ccc(-c2ccc(-c3ccc(-c4ccc(C(F)(F)Oc5ccc(F)cc5)c(F)c4)c(F)c3)cc2)cc1. The molecule has 0 heterocycles. The first-order valence-electron chi connectivity index (χ1n) is 13.9. The molecule has 5 aromatic rings. The van der Waals surface area contributed by atoms with Crippen molar-refractivity contribution >= 4 is 0 Å². The number of aryl methyl sites for hydroxylation is 1. The molecule has 0 fully saturated rings. The first-order chi connectivity index (χ1) is 20.2. The summed E-state index contributed by atoms with van der Waals surface area (Å²) in [5.41, 5.74) is 4.06. The highest BCUT2D eigenvalue weighted by Crippen LogP contribution is 2.36. The molecule has 5 aromatic carbocycles. The van der Waals surface area contributed by atoms with E-state index in [-0.39, 0.29) is 16.9 Å². The van der Waals surface area contributed by atoms with E-state index < -0.39 is 29.1 Å². The zero-order valence-corrected chi connectivity index (χ0v) is 23.0. The van der Waals surface area contributed by atoms with Crippen LogP contribution in [0.15, 0.2) is 109 Å². The zero-order valence-electron chi connectivity index (χ0n) is 23.0. The van der Waals surface area contributed by atoms with Gasteiger partial charge >= 0.3 is 6.11 Å². The van der Waals surface area contributed by atoms with E-state index in [0.29, 0.717) is 5.56 Å². The second-order valence-electron chi connectivity index (χ2n) is 10.2. The Kier molecular flexibility index (Phi) is 8.72. The fourth-order valence-electron chi connectivity index (χ4n) is 4.85. The van der Waals surface area contributed by atoms with E-state index in [1.165, 1.54) is 43.0 Å². The van der Waals surface area contributed by atoms with Gasteiger partial charge in [-0.15, -0.1) is 0 Å². The van der Waals surface area contributed by atoms with Crippen LogP contribution in [0.4, 0.5) is 22.0 Å². The zero-order chi connectivity index (χ0) is 29.7. The summed E-state index contributed by atoms with van der Waals surface area (Å²) in [5.74, 6) is -2.82. The van der Waals surface area contributed by atoms with Gasteiger partial charge in [-0.05, 0) is 88.7 Å². The van der Waals surface area contributed by atoms with Crippen LogP contribution in [0.25, 0.3) is 33.4 Å². The van der Waals surface area contributed by atoms with Crippen molar-refractivity contribution < 1.29 is 26.7 Å². The van der Waals surface area contributed by atoms with Crippen LogP contribution in [-0.4, -0.2) is 0 Å². The summed E-state index contributed by atoms with van der Waals surface area (Å²) in [6.07, 6.45) is 0.656. The second kappa shape index (κ2) is 12.6. The molecule has 0 aliphatic rings. The third-order valence-corrected chi connectivity index (χ3v) is 7.20. The summed E-state index contributed by atoms with van der Waals surface area (Å²) in [4.78, 5) is 0. The van der Waals surface area contributed by atoms with Gasteiger partial charge in [0.25, 0.3) is 0 Å². The minimum absolute atomic E-state index is 0.0719. The van der Waals surface area contributed by atoms with Crippen LogP contribution in [0.3, 0.4) is 0 Å². The summed E-state index contributed by atoms with van der Waals surface area (Å²) >= 11 is 0. The van der Waals surface area contributed by atoms with Gasteiger partial charge in [-0.25, -0.2) is 13.2 Å². The van der Waals surface area contributed by atoms with Gasteiger partial charge in [-0.2, -0.15) is 8.78 Å². The number of unbranched alkanes of at least 4 members (excludes halogenated alkanes) is 2. The minimum atomic E-state index is -4.02. The third-order valence-electron chi connectivity index (χ3n) is 7.20. The Labute approximate surface area is 242 Å². The average Bonchev–Trinajstić information content (AvgIpc) is 2.98. The first-order valence-corrected chi connectivity index (χ1v) is 13.9. The van der Waals surface area contributed by atoms with Crippen LogP contribution in [0.2, 0.25) is 0 Å². The molecular formula is C36H29F5O. The average molecular weight is 573 g/mol. The highest BCUT2D eigenvalue weighted by atomic mass is 19.3. The maximum absolute atomic E-state index is 15.2. The van der Waals surface area contributed by atoms with Crippen LogP contribution < -0.4 is 4.74 Å². The van der Waals surface area contributed by atoms with Crippen molar-refractivity contribution in [2.75, 3.05) is 0 Å². The number of alkyl halides is 2. The van der Waals surface area contributed by atoms with Gasteiger partial charge < -0.3 is 4.74 Å². The van der Waals surface area contributed by atoms with E-state index in [1.54, 1.807) is 6.07 Å². The lowest BCUT2D eigenvalue weighted by molar-refractivity contribution is -0.187. The highest BCUT2D eigenvalue weighted by Gasteiger charge is 2.37. The van der Waals surface area contributed by atoms with E-state index in [0.717, 1.165) is 59.5 Å². The van der Waals surface area contributed by atoms with Crippen molar-refractivity contribution in [1.82, 2.24) is 0 Å². The Morgan fingerprint density at radius 3 is 1.71 bits per heavy atom. The van der Waals surface area contributed by atoms with Crippen molar-refractivity contribution in [3.8, 4) is 39.1 Å². The van der Waals surface area contributed by atoms with Crippen molar-refractivity contribution in [2.45, 2.75) is 38.7 Å². The normalized spacial score (nSPS) is 11.5. The molecule has 1 nitrogen and oxygen atoms in total.